The summed E-state index contributed by atoms with van der Waals surface area (Å²) in [7, 11) is 0. The van der Waals surface area contributed by atoms with Gasteiger partial charge in [-0.15, -0.1) is 0 Å². The summed E-state index contributed by atoms with van der Waals surface area (Å²) in [6.07, 6.45) is 0.134. The number of carboxylic acid groups (broad SMARTS) is 1. The van der Waals surface area contributed by atoms with Crippen LogP contribution in [0.25, 0.3) is 0 Å². The Bertz CT molecular complexity index is 680. The Morgan fingerprint density at radius 1 is 1.04 bits per heavy atom. The van der Waals surface area contributed by atoms with Crippen LogP contribution in [0.4, 0.5) is 0 Å². The summed E-state index contributed by atoms with van der Waals surface area (Å²) >= 11 is 0. The van der Waals surface area contributed by atoms with E-state index < -0.39 is 17.9 Å². The molecule has 0 saturated heterocycles. The molecule has 0 spiro atoms. The number of carboxylic acids is 1. The van der Waals surface area contributed by atoms with Gasteiger partial charge in [-0.25, -0.2) is 4.79 Å². The second kappa shape index (κ2) is 8.26. The van der Waals surface area contributed by atoms with Gasteiger partial charge in [-0.3, -0.25) is 4.79 Å². The molecule has 5 nitrogen and oxygen atoms in total. The Morgan fingerprint density at radius 3 is 2.21 bits per heavy atom. The molecule has 0 radical (unpaired) electrons. The van der Waals surface area contributed by atoms with Crippen LogP contribution in [0.15, 0.2) is 54.6 Å². The van der Waals surface area contributed by atoms with E-state index >= 15 is 0 Å². The van der Waals surface area contributed by atoms with Crippen molar-refractivity contribution >= 4 is 11.9 Å². The first-order chi connectivity index (χ1) is 11.5. The molecule has 0 aliphatic carbocycles. The number of rotatable bonds is 7. The number of carbonyl (C=O) groups excluding carboxylic acids is 1. The third kappa shape index (κ3) is 4.93. The summed E-state index contributed by atoms with van der Waals surface area (Å²) in [6, 6.07) is 14.5. The molecule has 0 aromatic heterocycles. The van der Waals surface area contributed by atoms with Gasteiger partial charge in [0.15, 0.2) is 6.04 Å². The fourth-order valence-corrected chi connectivity index (χ4v) is 2.16. The average Bonchev–Trinajstić information content (AvgIpc) is 2.58. The Morgan fingerprint density at radius 2 is 1.67 bits per heavy atom. The van der Waals surface area contributed by atoms with Crippen molar-refractivity contribution in [2.24, 2.45) is 0 Å². The number of amides is 1. The molecule has 2 aromatic carbocycles. The average molecular weight is 327 g/mol. The van der Waals surface area contributed by atoms with Gasteiger partial charge in [0.2, 0.25) is 0 Å². The molecule has 0 heterocycles. The number of carbonyl (C=O) groups is 2. The zero-order chi connectivity index (χ0) is 17.5. The van der Waals surface area contributed by atoms with Gasteiger partial charge in [0, 0.05) is 5.56 Å². The maximum atomic E-state index is 12.3. The number of aliphatic carboxylic acids is 1. The van der Waals surface area contributed by atoms with Crippen molar-refractivity contribution in [1.82, 2.24) is 5.32 Å². The highest BCUT2D eigenvalue weighted by atomic mass is 16.5. The lowest BCUT2D eigenvalue weighted by atomic mass is 10.1. The van der Waals surface area contributed by atoms with Crippen LogP contribution in [0.3, 0.4) is 0 Å². The maximum absolute atomic E-state index is 12.3. The van der Waals surface area contributed by atoms with Crippen LogP contribution in [0, 0.1) is 0 Å². The van der Waals surface area contributed by atoms with Gasteiger partial charge in [-0.05, 0) is 37.1 Å². The lowest BCUT2D eigenvalue weighted by Gasteiger charge is -2.15. The van der Waals surface area contributed by atoms with Crippen LogP contribution in [-0.2, 0) is 16.1 Å². The SMILES string of the molecule is CC(C)OCc1ccc(C(=O)NC(C(=O)O)c2ccccc2)cc1. The van der Waals surface area contributed by atoms with Gasteiger partial charge in [-0.2, -0.15) is 0 Å². The predicted octanol–water partition coefficient (Wildman–Crippen LogP) is 3.17. The third-order valence-electron chi connectivity index (χ3n) is 3.45. The van der Waals surface area contributed by atoms with E-state index in [4.69, 9.17) is 4.74 Å². The Labute approximate surface area is 141 Å². The fraction of sp³-hybridized carbons (Fsp3) is 0.263. The molecule has 0 fully saturated rings. The lowest BCUT2D eigenvalue weighted by molar-refractivity contribution is -0.139. The highest BCUT2D eigenvalue weighted by Crippen LogP contribution is 2.14. The molecule has 5 heteroatoms. The molecule has 0 bridgehead atoms. The Balaban J connectivity index is 2.06. The minimum Gasteiger partial charge on any atom is -0.479 e. The monoisotopic (exact) mass is 327 g/mol. The summed E-state index contributed by atoms with van der Waals surface area (Å²) in [6.45, 7) is 4.39. The van der Waals surface area contributed by atoms with E-state index in [1.165, 1.54) is 0 Å². The molecule has 1 atom stereocenters. The maximum Gasteiger partial charge on any atom is 0.330 e. The summed E-state index contributed by atoms with van der Waals surface area (Å²) in [5.41, 5.74) is 1.89. The Kier molecular flexibility index (Phi) is 6.09. The first-order valence-electron chi connectivity index (χ1n) is 7.76. The second-order valence-corrected chi connectivity index (χ2v) is 5.71. The Hall–Kier alpha value is -2.66. The van der Waals surface area contributed by atoms with Crippen molar-refractivity contribution in [2.45, 2.75) is 32.6 Å². The van der Waals surface area contributed by atoms with Crippen LogP contribution < -0.4 is 5.32 Å². The normalized spacial score (nSPS) is 12.0. The fourth-order valence-electron chi connectivity index (χ4n) is 2.16. The minimum absolute atomic E-state index is 0.134. The highest BCUT2D eigenvalue weighted by Gasteiger charge is 2.22. The van der Waals surface area contributed by atoms with Gasteiger partial charge >= 0.3 is 5.97 Å². The van der Waals surface area contributed by atoms with E-state index in [0.717, 1.165) is 5.56 Å². The van der Waals surface area contributed by atoms with Crippen LogP contribution in [0.1, 0.15) is 41.4 Å². The van der Waals surface area contributed by atoms with Crippen LogP contribution in [0.5, 0.6) is 0 Å². The van der Waals surface area contributed by atoms with Crippen molar-refractivity contribution in [1.29, 1.82) is 0 Å². The smallest absolute Gasteiger partial charge is 0.330 e. The van der Waals surface area contributed by atoms with Crippen molar-refractivity contribution in [2.75, 3.05) is 0 Å². The van der Waals surface area contributed by atoms with Crippen molar-refractivity contribution in [3.8, 4) is 0 Å². The van der Waals surface area contributed by atoms with Crippen molar-refractivity contribution < 1.29 is 19.4 Å². The zero-order valence-electron chi connectivity index (χ0n) is 13.7. The molecule has 126 valence electrons. The second-order valence-electron chi connectivity index (χ2n) is 5.71. The number of hydrogen-bond donors (Lipinski definition) is 2. The topological polar surface area (TPSA) is 75.6 Å². The molecule has 0 saturated carbocycles. The summed E-state index contributed by atoms with van der Waals surface area (Å²) in [5, 5.41) is 11.9. The molecule has 1 unspecified atom stereocenters. The summed E-state index contributed by atoms with van der Waals surface area (Å²) in [5.74, 6) is -1.53. The van der Waals surface area contributed by atoms with Gasteiger partial charge in [-0.1, -0.05) is 42.5 Å². The first-order valence-corrected chi connectivity index (χ1v) is 7.76. The predicted molar refractivity (Wildman–Crippen MR) is 90.7 cm³/mol. The van der Waals surface area contributed by atoms with E-state index in [2.05, 4.69) is 5.32 Å². The van der Waals surface area contributed by atoms with E-state index in [-0.39, 0.29) is 6.10 Å². The van der Waals surface area contributed by atoms with Crippen molar-refractivity contribution in [3.63, 3.8) is 0 Å². The van der Waals surface area contributed by atoms with E-state index in [1.54, 1.807) is 54.6 Å². The molecule has 0 aliphatic rings. The first kappa shape index (κ1) is 17.7. The molecule has 2 N–H and O–H groups in total. The zero-order valence-corrected chi connectivity index (χ0v) is 13.7. The quantitative estimate of drug-likeness (QED) is 0.819. The number of nitrogens with one attached hydrogen (secondary N) is 1. The molecule has 2 rings (SSSR count). The van der Waals surface area contributed by atoms with Crippen LogP contribution >= 0.6 is 0 Å². The van der Waals surface area contributed by atoms with Crippen LogP contribution in [0.2, 0.25) is 0 Å². The van der Waals surface area contributed by atoms with Crippen molar-refractivity contribution in [3.05, 3.63) is 71.3 Å². The molecular formula is C19H21NO4. The number of hydrogen-bond acceptors (Lipinski definition) is 3. The molecule has 0 aliphatic heterocycles. The van der Waals surface area contributed by atoms with Crippen LogP contribution in [-0.4, -0.2) is 23.1 Å². The molecule has 2 aromatic rings. The standard InChI is InChI=1S/C19H21NO4/c1-13(2)24-12-14-8-10-16(11-9-14)18(21)20-17(19(22)23)15-6-4-3-5-7-15/h3-11,13,17H,12H2,1-2H3,(H,20,21)(H,22,23). The molecular weight excluding hydrogens is 306 g/mol. The third-order valence-corrected chi connectivity index (χ3v) is 3.45. The summed E-state index contributed by atoms with van der Waals surface area (Å²) < 4.78 is 5.50. The van der Waals surface area contributed by atoms with Gasteiger partial charge in [0.1, 0.15) is 0 Å². The minimum atomic E-state index is -1.10. The summed E-state index contributed by atoms with van der Waals surface area (Å²) in [4.78, 5) is 23.7. The van der Waals surface area contributed by atoms with Gasteiger partial charge < -0.3 is 15.2 Å². The van der Waals surface area contributed by atoms with E-state index in [0.29, 0.717) is 17.7 Å². The molecule has 24 heavy (non-hydrogen) atoms. The highest BCUT2D eigenvalue weighted by molar-refractivity contribution is 5.96. The number of benzene rings is 2. The lowest BCUT2D eigenvalue weighted by Crippen LogP contribution is -2.33. The largest absolute Gasteiger partial charge is 0.479 e. The molecule has 1 amide bonds. The van der Waals surface area contributed by atoms with E-state index in [9.17, 15) is 14.7 Å². The van der Waals surface area contributed by atoms with Gasteiger partial charge in [0.05, 0.1) is 12.7 Å². The number of ether oxygens (including phenoxy) is 1. The van der Waals surface area contributed by atoms with E-state index in [1.807, 2.05) is 13.8 Å². The van der Waals surface area contributed by atoms with Gasteiger partial charge in [0.25, 0.3) is 5.91 Å².